The van der Waals surface area contributed by atoms with Crippen LogP contribution in [0.3, 0.4) is 0 Å². The van der Waals surface area contributed by atoms with E-state index in [0.29, 0.717) is 12.4 Å². The predicted octanol–water partition coefficient (Wildman–Crippen LogP) is 6.42. The van der Waals surface area contributed by atoms with Gasteiger partial charge in [0.1, 0.15) is 17.1 Å². The molecule has 1 aliphatic rings. The Hall–Kier alpha value is -3.84. The molecule has 7 heteroatoms. The maximum Gasteiger partial charge on any atom is 0.289 e. The molecule has 1 N–H and O–H groups in total. The van der Waals surface area contributed by atoms with Crippen LogP contribution in [0.15, 0.2) is 87.2 Å². The van der Waals surface area contributed by atoms with Gasteiger partial charge in [-0.25, -0.2) is 4.99 Å². The fourth-order valence-corrected chi connectivity index (χ4v) is 4.16. The largest absolute Gasteiger partial charge is 0.494 e. The van der Waals surface area contributed by atoms with Gasteiger partial charge in [-0.1, -0.05) is 41.6 Å². The zero-order valence-corrected chi connectivity index (χ0v) is 18.1. The number of carbonyl (C=O) groups excluding carboxylic acids is 1. The number of hydrogen-bond acceptors (Lipinski definition) is 6. The molecule has 0 bridgehead atoms. The minimum Gasteiger partial charge on any atom is -0.494 e. The van der Waals surface area contributed by atoms with Crippen molar-refractivity contribution < 1.29 is 14.1 Å². The number of benzene rings is 3. The second-order valence-electron chi connectivity index (χ2n) is 7.06. The lowest BCUT2D eigenvalue weighted by Gasteiger charge is -2.03. The lowest BCUT2D eigenvalue weighted by Crippen LogP contribution is -2.18. The number of nitrogens with zero attached hydrogens (tertiary/aromatic N) is 2. The monoisotopic (exact) mass is 441 g/mol. The number of nitrogens with one attached hydrogen (secondary N) is 1. The number of amidine groups is 1. The van der Waals surface area contributed by atoms with Crippen molar-refractivity contribution in [2.75, 3.05) is 6.61 Å². The van der Waals surface area contributed by atoms with E-state index in [1.807, 2.05) is 85.8 Å². The molecule has 3 aromatic carbocycles. The smallest absolute Gasteiger partial charge is 0.289 e. The van der Waals surface area contributed by atoms with Gasteiger partial charge in [0.15, 0.2) is 5.76 Å². The highest BCUT2D eigenvalue weighted by Gasteiger charge is 2.23. The summed E-state index contributed by atoms with van der Waals surface area (Å²) in [4.78, 5) is 17.4. The van der Waals surface area contributed by atoms with E-state index in [0.717, 1.165) is 55.9 Å². The van der Waals surface area contributed by atoms with Crippen molar-refractivity contribution in [2.45, 2.75) is 6.92 Å². The Morgan fingerprint density at radius 3 is 2.69 bits per heavy atom. The van der Waals surface area contributed by atoms with Crippen LogP contribution >= 0.6 is 11.8 Å². The molecular formula is C25H19N3O3S. The van der Waals surface area contributed by atoms with Gasteiger partial charge < -0.3 is 14.6 Å². The number of thioether (sulfide) groups is 1. The van der Waals surface area contributed by atoms with Gasteiger partial charge in [0, 0.05) is 5.56 Å². The zero-order valence-electron chi connectivity index (χ0n) is 17.2. The number of hydrogen-bond donors (Lipinski definition) is 1. The molecule has 1 saturated heterocycles. The van der Waals surface area contributed by atoms with Gasteiger partial charge >= 0.3 is 0 Å². The van der Waals surface area contributed by atoms with Crippen LogP contribution in [0.5, 0.6) is 5.75 Å². The van der Waals surface area contributed by atoms with Crippen molar-refractivity contribution in [1.82, 2.24) is 10.5 Å². The van der Waals surface area contributed by atoms with Gasteiger partial charge in [-0.2, -0.15) is 0 Å². The summed E-state index contributed by atoms with van der Waals surface area (Å²) >= 11 is 1.12. The molecule has 158 valence electrons. The average molecular weight is 442 g/mol. The molecule has 1 amide bonds. The number of ether oxygens (including phenoxy) is 1. The van der Waals surface area contributed by atoms with Crippen LogP contribution in [0.2, 0.25) is 0 Å². The maximum absolute atomic E-state index is 12.1. The number of amides is 1. The fraction of sp³-hybridized carbons (Fsp3) is 0.0800. The number of rotatable bonds is 5. The lowest BCUT2D eigenvalue weighted by atomic mass is 10.1. The van der Waals surface area contributed by atoms with Crippen LogP contribution in [0.1, 0.15) is 12.5 Å². The van der Waals surface area contributed by atoms with Crippen LogP contribution < -0.4 is 10.1 Å². The summed E-state index contributed by atoms with van der Waals surface area (Å²) in [5.74, 6) is 2.03. The van der Waals surface area contributed by atoms with Crippen LogP contribution in [-0.4, -0.2) is 22.8 Å². The van der Waals surface area contributed by atoms with Crippen molar-refractivity contribution in [2.24, 2.45) is 4.99 Å². The summed E-state index contributed by atoms with van der Waals surface area (Å²) in [6.45, 7) is 2.55. The molecule has 0 unspecified atom stereocenters. The molecule has 1 fully saturated rings. The molecule has 0 spiro atoms. The third kappa shape index (κ3) is 4.15. The van der Waals surface area contributed by atoms with Crippen LogP contribution in [0.4, 0.5) is 10.5 Å². The quantitative estimate of drug-likeness (QED) is 0.387. The Balaban J connectivity index is 1.49. The summed E-state index contributed by atoms with van der Waals surface area (Å²) in [5, 5.41) is 7.75. The van der Waals surface area contributed by atoms with E-state index >= 15 is 0 Å². The van der Waals surface area contributed by atoms with E-state index in [9.17, 15) is 4.79 Å². The molecule has 0 saturated carbocycles. The number of fused-ring (bicyclic) bond motifs is 1. The molecule has 0 atom stereocenters. The summed E-state index contributed by atoms with van der Waals surface area (Å²) < 4.78 is 11.1. The van der Waals surface area contributed by atoms with E-state index in [-0.39, 0.29) is 5.24 Å². The first kappa shape index (κ1) is 20.1. The number of aliphatic imine (C=N–C) groups is 1. The van der Waals surface area contributed by atoms with Gasteiger partial charge in [0.2, 0.25) is 0 Å². The molecule has 1 aromatic heterocycles. The Bertz CT molecular complexity index is 1340. The summed E-state index contributed by atoms with van der Waals surface area (Å²) in [6, 6.07) is 23.2. The topological polar surface area (TPSA) is 76.7 Å². The number of carbonyl (C=O) groups is 1. The summed E-state index contributed by atoms with van der Waals surface area (Å²) in [7, 11) is 0. The minimum atomic E-state index is -0.156. The molecule has 1 aliphatic heterocycles. The van der Waals surface area contributed by atoms with E-state index in [2.05, 4.69) is 15.5 Å². The van der Waals surface area contributed by atoms with E-state index in [1.54, 1.807) is 0 Å². The molecule has 2 heterocycles. The molecule has 6 nitrogen and oxygen atoms in total. The van der Waals surface area contributed by atoms with Crippen molar-refractivity contribution in [1.29, 1.82) is 0 Å². The third-order valence-corrected chi connectivity index (χ3v) is 5.70. The second kappa shape index (κ2) is 8.72. The molecule has 0 aliphatic carbocycles. The Labute approximate surface area is 189 Å². The Morgan fingerprint density at radius 2 is 1.91 bits per heavy atom. The highest BCUT2D eigenvalue weighted by molar-refractivity contribution is 8.18. The predicted molar refractivity (Wildman–Crippen MR) is 128 cm³/mol. The first-order chi connectivity index (χ1) is 15.7. The SMILES string of the molecule is CCOc1ccc(N=C2NC(=O)S/C2=C\c2ccc3noc(-c4ccccc4)c3c2)cc1. The zero-order chi connectivity index (χ0) is 21.9. The fourth-order valence-electron chi connectivity index (χ4n) is 3.42. The normalized spacial score (nSPS) is 16.1. The molecule has 32 heavy (non-hydrogen) atoms. The van der Waals surface area contributed by atoms with Gasteiger partial charge in [0.05, 0.1) is 22.6 Å². The lowest BCUT2D eigenvalue weighted by molar-refractivity contribution is 0.265. The van der Waals surface area contributed by atoms with Crippen molar-refractivity contribution in [3.05, 3.63) is 83.3 Å². The standard InChI is InChI=1S/C25H19N3O3S/c1-2-30-19-11-9-18(10-12-19)26-24-22(32-25(29)27-24)15-16-8-13-21-20(14-16)23(31-28-21)17-6-4-3-5-7-17/h3-15H,2H2,1H3,(H,26,27,29)/b22-15-. The first-order valence-electron chi connectivity index (χ1n) is 10.2. The molecule has 5 rings (SSSR count). The Morgan fingerprint density at radius 1 is 1.09 bits per heavy atom. The molecule has 4 aromatic rings. The van der Waals surface area contributed by atoms with Gasteiger partial charge in [0.25, 0.3) is 5.24 Å². The van der Waals surface area contributed by atoms with Crippen molar-refractivity contribution in [3.8, 4) is 17.1 Å². The second-order valence-corrected chi connectivity index (χ2v) is 8.08. The first-order valence-corrected chi connectivity index (χ1v) is 11.0. The number of aromatic nitrogens is 1. The van der Waals surface area contributed by atoms with Crippen LogP contribution in [-0.2, 0) is 0 Å². The Kier molecular flexibility index (Phi) is 5.47. The van der Waals surface area contributed by atoms with E-state index < -0.39 is 0 Å². The molecule has 0 radical (unpaired) electrons. The van der Waals surface area contributed by atoms with Gasteiger partial charge in [-0.05, 0) is 66.7 Å². The van der Waals surface area contributed by atoms with E-state index in [1.165, 1.54) is 0 Å². The maximum atomic E-state index is 12.1. The summed E-state index contributed by atoms with van der Waals surface area (Å²) in [5.41, 5.74) is 3.40. The van der Waals surface area contributed by atoms with Crippen molar-refractivity contribution >= 4 is 45.5 Å². The van der Waals surface area contributed by atoms with Gasteiger partial charge in [-0.3, -0.25) is 4.79 Å². The average Bonchev–Trinajstić information content (AvgIpc) is 3.38. The van der Waals surface area contributed by atoms with Crippen molar-refractivity contribution in [3.63, 3.8) is 0 Å². The minimum absolute atomic E-state index is 0.156. The van der Waals surface area contributed by atoms with E-state index in [4.69, 9.17) is 9.26 Å². The van der Waals surface area contributed by atoms with Crippen LogP contribution in [0.25, 0.3) is 28.3 Å². The molecular weight excluding hydrogens is 422 g/mol. The van der Waals surface area contributed by atoms with Crippen LogP contribution in [0, 0.1) is 0 Å². The third-order valence-electron chi connectivity index (χ3n) is 4.88. The highest BCUT2D eigenvalue weighted by atomic mass is 32.2. The highest BCUT2D eigenvalue weighted by Crippen LogP contribution is 2.32. The van der Waals surface area contributed by atoms with Gasteiger partial charge in [-0.15, -0.1) is 0 Å². The summed E-state index contributed by atoms with van der Waals surface area (Å²) in [6.07, 6.45) is 1.94.